The van der Waals surface area contributed by atoms with Gasteiger partial charge < -0.3 is 0 Å². The lowest BCUT2D eigenvalue weighted by Gasteiger charge is -2.33. The second-order valence-corrected chi connectivity index (χ2v) is 4.82. The first kappa shape index (κ1) is 9.97. The third-order valence-electron chi connectivity index (χ3n) is 4.22. The maximum atomic E-state index is 11.9. The third-order valence-corrected chi connectivity index (χ3v) is 4.22. The molecule has 0 unspecified atom stereocenters. The smallest absolute Gasteiger partial charge is 0.240 e. The zero-order valence-electron chi connectivity index (χ0n) is 8.72. The van der Waals surface area contributed by atoms with Gasteiger partial charge in [-0.2, -0.15) is 0 Å². The second-order valence-electron chi connectivity index (χ2n) is 4.82. The number of hydrazine groups is 1. The third kappa shape index (κ3) is 1.44. The summed E-state index contributed by atoms with van der Waals surface area (Å²) in [6, 6.07) is 0. The van der Waals surface area contributed by atoms with Crippen molar-refractivity contribution in [2.45, 2.75) is 51.4 Å². The molecule has 2 rings (SSSR count). The summed E-state index contributed by atoms with van der Waals surface area (Å²) in [6.07, 6.45) is 9.56. The summed E-state index contributed by atoms with van der Waals surface area (Å²) >= 11 is 0. The normalized spacial score (nSPS) is 26.6. The molecule has 0 radical (unpaired) electrons. The molecule has 0 aliphatic heterocycles. The van der Waals surface area contributed by atoms with E-state index in [1.165, 1.54) is 38.5 Å². The van der Waals surface area contributed by atoms with E-state index >= 15 is 0 Å². The Bertz CT molecular complexity index is 215. The maximum Gasteiger partial charge on any atom is 0.240 e. The predicted octanol–water partition coefficient (Wildman–Crippen LogP) is 1.73. The SMILES string of the molecule is NNC(=O)C1(C2CCCC2)CCCC1. The van der Waals surface area contributed by atoms with Crippen molar-refractivity contribution >= 4 is 5.91 Å². The van der Waals surface area contributed by atoms with Crippen LogP contribution in [0.1, 0.15) is 51.4 Å². The van der Waals surface area contributed by atoms with Crippen molar-refractivity contribution in [3.8, 4) is 0 Å². The van der Waals surface area contributed by atoms with Crippen molar-refractivity contribution in [3.05, 3.63) is 0 Å². The number of amides is 1. The van der Waals surface area contributed by atoms with Crippen molar-refractivity contribution in [2.24, 2.45) is 17.2 Å². The number of hydrogen-bond donors (Lipinski definition) is 2. The minimum Gasteiger partial charge on any atom is -0.294 e. The van der Waals surface area contributed by atoms with Gasteiger partial charge in [0.05, 0.1) is 5.41 Å². The van der Waals surface area contributed by atoms with Gasteiger partial charge in [0.15, 0.2) is 0 Å². The highest BCUT2D eigenvalue weighted by Gasteiger charge is 2.47. The van der Waals surface area contributed by atoms with E-state index in [-0.39, 0.29) is 11.3 Å². The molecule has 2 saturated carbocycles. The number of hydrogen-bond acceptors (Lipinski definition) is 2. The Morgan fingerprint density at radius 1 is 1.14 bits per heavy atom. The minimum atomic E-state index is -0.0920. The first-order chi connectivity index (χ1) is 6.79. The molecule has 2 fully saturated rings. The molecular formula is C11H20N2O. The van der Waals surface area contributed by atoms with Crippen LogP contribution in [0.3, 0.4) is 0 Å². The first-order valence-electron chi connectivity index (χ1n) is 5.81. The second kappa shape index (κ2) is 3.89. The van der Waals surface area contributed by atoms with Crippen molar-refractivity contribution in [1.29, 1.82) is 0 Å². The van der Waals surface area contributed by atoms with E-state index in [0.29, 0.717) is 5.92 Å². The molecular weight excluding hydrogens is 176 g/mol. The molecule has 0 heterocycles. The Kier molecular flexibility index (Phi) is 2.77. The quantitative estimate of drug-likeness (QED) is 0.401. The molecule has 0 saturated heterocycles. The van der Waals surface area contributed by atoms with Gasteiger partial charge in [0.1, 0.15) is 0 Å². The van der Waals surface area contributed by atoms with E-state index < -0.39 is 0 Å². The lowest BCUT2D eigenvalue weighted by Crippen LogP contribution is -2.46. The summed E-state index contributed by atoms with van der Waals surface area (Å²) < 4.78 is 0. The molecule has 0 spiro atoms. The fraction of sp³-hybridized carbons (Fsp3) is 0.909. The lowest BCUT2D eigenvalue weighted by molar-refractivity contribution is -0.134. The molecule has 3 heteroatoms. The zero-order chi connectivity index (χ0) is 10.0. The average molecular weight is 196 g/mol. The molecule has 3 N–H and O–H groups in total. The largest absolute Gasteiger partial charge is 0.294 e. The molecule has 0 aromatic heterocycles. The van der Waals surface area contributed by atoms with Gasteiger partial charge in [-0.15, -0.1) is 0 Å². The zero-order valence-corrected chi connectivity index (χ0v) is 8.72. The Balaban J connectivity index is 2.16. The molecule has 2 aliphatic carbocycles. The van der Waals surface area contributed by atoms with Gasteiger partial charge in [-0.25, -0.2) is 5.84 Å². The van der Waals surface area contributed by atoms with Gasteiger partial charge in [-0.1, -0.05) is 25.7 Å². The highest BCUT2D eigenvalue weighted by molar-refractivity contribution is 5.82. The van der Waals surface area contributed by atoms with Crippen LogP contribution >= 0.6 is 0 Å². The van der Waals surface area contributed by atoms with Gasteiger partial charge in [0, 0.05) is 0 Å². The lowest BCUT2D eigenvalue weighted by atomic mass is 9.72. The van der Waals surface area contributed by atoms with E-state index in [1.54, 1.807) is 0 Å². The molecule has 0 atom stereocenters. The van der Waals surface area contributed by atoms with Crippen LogP contribution in [-0.2, 0) is 4.79 Å². The summed E-state index contributed by atoms with van der Waals surface area (Å²) in [5, 5.41) is 0. The van der Waals surface area contributed by atoms with Crippen LogP contribution in [0.25, 0.3) is 0 Å². The highest BCUT2D eigenvalue weighted by Crippen LogP contribution is 2.50. The van der Waals surface area contributed by atoms with Crippen LogP contribution < -0.4 is 11.3 Å². The number of carbonyl (C=O) groups is 1. The maximum absolute atomic E-state index is 11.9. The number of nitrogens with two attached hydrogens (primary N) is 1. The van der Waals surface area contributed by atoms with Crippen LogP contribution in [-0.4, -0.2) is 5.91 Å². The standard InChI is InChI=1S/C11H20N2O/c12-13-10(14)11(7-3-4-8-11)9-5-1-2-6-9/h9H,1-8,12H2,(H,13,14). The van der Waals surface area contributed by atoms with Gasteiger partial charge in [0.25, 0.3) is 0 Å². The van der Waals surface area contributed by atoms with E-state index in [2.05, 4.69) is 5.43 Å². The van der Waals surface area contributed by atoms with E-state index in [0.717, 1.165) is 12.8 Å². The molecule has 80 valence electrons. The van der Waals surface area contributed by atoms with Crippen molar-refractivity contribution < 1.29 is 4.79 Å². The number of rotatable bonds is 2. The molecule has 3 nitrogen and oxygen atoms in total. The van der Waals surface area contributed by atoms with Gasteiger partial charge >= 0.3 is 0 Å². The van der Waals surface area contributed by atoms with Crippen LogP contribution in [0, 0.1) is 11.3 Å². The molecule has 0 aromatic carbocycles. The van der Waals surface area contributed by atoms with Crippen molar-refractivity contribution in [3.63, 3.8) is 0 Å². The minimum absolute atomic E-state index is 0.0920. The van der Waals surface area contributed by atoms with Crippen LogP contribution in [0.15, 0.2) is 0 Å². The Morgan fingerprint density at radius 2 is 1.71 bits per heavy atom. The monoisotopic (exact) mass is 196 g/mol. The van der Waals surface area contributed by atoms with Gasteiger partial charge in [0.2, 0.25) is 5.91 Å². The summed E-state index contributed by atoms with van der Waals surface area (Å²) in [6.45, 7) is 0. The Hall–Kier alpha value is -0.570. The molecule has 1 amide bonds. The first-order valence-corrected chi connectivity index (χ1v) is 5.81. The summed E-state index contributed by atoms with van der Waals surface area (Å²) in [5.41, 5.74) is 2.29. The van der Waals surface area contributed by atoms with Crippen LogP contribution in [0.5, 0.6) is 0 Å². The number of carbonyl (C=O) groups excluding carboxylic acids is 1. The van der Waals surface area contributed by atoms with Crippen molar-refractivity contribution in [1.82, 2.24) is 5.43 Å². The van der Waals surface area contributed by atoms with Crippen LogP contribution in [0.4, 0.5) is 0 Å². The van der Waals surface area contributed by atoms with Crippen LogP contribution in [0.2, 0.25) is 0 Å². The molecule has 0 aromatic rings. The van der Waals surface area contributed by atoms with Gasteiger partial charge in [-0.05, 0) is 31.6 Å². The summed E-state index contributed by atoms with van der Waals surface area (Å²) in [5.74, 6) is 6.01. The Labute approximate surface area is 85.4 Å². The highest BCUT2D eigenvalue weighted by atomic mass is 16.2. The molecule has 2 aliphatic rings. The fourth-order valence-corrected chi connectivity index (χ4v) is 3.45. The van der Waals surface area contributed by atoms with E-state index in [4.69, 9.17) is 5.84 Å². The fourth-order valence-electron chi connectivity index (χ4n) is 3.45. The van der Waals surface area contributed by atoms with E-state index in [1.807, 2.05) is 0 Å². The summed E-state index contributed by atoms with van der Waals surface area (Å²) in [7, 11) is 0. The topological polar surface area (TPSA) is 55.1 Å². The molecule has 0 bridgehead atoms. The van der Waals surface area contributed by atoms with E-state index in [9.17, 15) is 4.79 Å². The summed E-state index contributed by atoms with van der Waals surface area (Å²) in [4.78, 5) is 11.9. The number of nitrogens with one attached hydrogen (secondary N) is 1. The Morgan fingerprint density at radius 3 is 2.21 bits per heavy atom. The van der Waals surface area contributed by atoms with Crippen molar-refractivity contribution in [2.75, 3.05) is 0 Å². The average Bonchev–Trinajstić information content (AvgIpc) is 2.86. The van der Waals surface area contributed by atoms with Gasteiger partial charge in [-0.3, -0.25) is 10.2 Å². The molecule has 14 heavy (non-hydrogen) atoms. The predicted molar refractivity (Wildman–Crippen MR) is 55.2 cm³/mol.